The van der Waals surface area contributed by atoms with Crippen LogP contribution in [0.1, 0.15) is 55.5 Å². The summed E-state index contributed by atoms with van der Waals surface area (Å²) < 4.78 is 0. The zero-order valence-corrected chi connectivity index (χ0v) is 27.5. The molecule has 0 aliphatic carbocycles. The molecule has 0 spiro atoms. The number of nitrogens with zero attached hydrogens (tertiary/aromatic N) is 4. The Morgan fingerprint density at radius 3 is 1.40 bits per heavy atom. The second-order valence-electron chi connectivity index (χ2n) is 13.7. The first kappa shape index (κ1) is 29.3. The summed E-state index contributed by atoms with van der Waals surface area (Å²) in [6, 6.07) is 49.0. The predicted octanol–water partition coefficient (Wildman–Crippen LogP) is 12.0. The summed E-state index contributed by atoms with van der Waals surface area (Å²) in [5.41, 5.74) is 14.3. The van der Waals surface area contributed by atoms with Crippen molar-refractivity contribution >= 4 is 39.8 Å². The molecule has 2 aliphatic heterocycles. The molecule has 0 radical (unpaired) electrons. The van der Waals surface area contributed by atoms with Crippen LogP contribution in [-0.4, -0.2) is 0 Å². The van der Waals surface area contributed by atoms with Crippen molar-refractivity contribution in [1.29, 1.82) is 5.26 Å². The topological polar surface area (TPSA) is 34.6 Å². The zero-order chi connectivity index (χ0) is 33.2. The Morgan fingerprint density at radius 2 is 0.938 bits per heavy atom. The molecule has 0 atom stereocenters. The molecule has 0 saturated heterocycles. The van der Waals surface area contributed by atoms with E-state index in [9.17, 15) is 5.26 Å². The Bertz CT molecular complexity index is 2150. The van der Waals surface area contributed by atoms with Crippen LogP contribution in [0.25, 0.3) is 16.0 Å². The van der Waals surface area contributed by atoms with Gasteiger partial charge >= 0.3 is 0 Å². The van der Waals surface area contributed by atoms with Gasteiger partial charge in [-0.25, -0.2) is 4.85 Å². The minimum absolute atomic E-state index is 0.336. The molecule has 0 bridgehead atoms. The van der Waals surface area contributed by atoms with Crippen molar-refractivity contribution in [2.24, 2.45) is 0 Å². The van der Waals surface area contributed by atoms with Crippen molar-refractivity contribution in [3.63, 3.8) is 0 Å². The molecule has 0 aromatic heterocycles. The number of hydrogen-bond acceptors (Lipinski definition) is 3. The van der Waals surface area contributed by atoms with E-state index in [-0.39, 0.29) is 10.8 Å². The fourth-order valence-electron chi connectivity index (χ4n) is 7.67. The summed E-state index contributed by atoms with van der Waals surface area (Å²) in [5, 5.41) is 9.82. The molecule has 0 saturated carbocycles. The van der Waals surface area contributed by atoms with E-state index in [1.165, 1.54) is 11.1 Å². The number of para-hydroxylation sites is 2. The largest absolute Gasteiger partial charge is 0.310 e. The maximum absolute atomic E-state index is 9.82. The first-order valence-electron chi connectivity index (χ1n) is 16.3. The van der Waals surface area contributed by atoms with Crippen molar-refractivity contribution in [2.75, 3.05) is 9.80 Å². The average Bonchev–Trinajstić information content (AvgIpc) is 3.12. The van der Waals surface area contributed by atoms with Crippen LogP contribution in [0.4, 0.5) is 39.8 Å². The second-order valence-corrected chi connectivity index (χ2v) is 13.7. The highest BCUT2D eigenvalue weighted by atomic mass is 15.2. The molecule has 0 N–H and O–H groups in total. The highest BCUT2D eigenvalue weighted by Gasteiger charge is 2.39. The summed E-state index contributed by atoms with van der Waals surface area (Å²) in [5.74, 6) is 0. The molecule has 230 valence electrons. The Morgan fingerprint density at radius 1 is 0.521 bits per heavy atom. The van der Waals surface area contributed by atoms with Gasteiger partial charge in [-0.05, 0) is 106 Å². The standard InChI is InChI=1S/C44H34N4/c1-43(2)35-24-29(28-45)16-20-39(35)47(33-12-8-6-9-13-33)40-21-17-30(25-36(40)43)31-18-22-41-37(26-31)44(3,4)38-27-32(46-5)19-23-42(38)48(41)34-14-10-7-11-15-34/h6-27H,1-4H3. The first-order chi connectivity index (χ1) is 23.2. The quantitative estimate of drug-likeness (QED) is 0.185. The summed E-state index contributed by atoms with van der Waals surface area (Å²) in [7, 11) is 0. The fraction of sp³-hybridized carbons (Fsp3) is 0.136. The maximum atomic E-state index is 9.82. The van der Waals surface area contributed by atoms with E-state index in [0.717, 1.165) is 56.4 Å². The lowest BCUT2D eigenvalue weighted by Gasteiger charge is -2.43. The third-order valence-electron chi connectivity index (χ3n) is 10.2. The Labute approximate surface area is 282 Å². The monoisotopic (exact) mass is 618 g/mol. The highest BCUT2D eigenvalue weighted by molar-refractivity contribution is 5.90. The second kappa shape index (κ2) is 10.7. The van der Waals surface area contributed by atoms with E-state index < -0.39 is 0 Å². The lowest BCUT2D eigenvalue weighted by molar-refractivity contribution is 0.631. The van der Waals surface area contributed by atoms with Gasteiger partial charge < -0.3 is 9.80 Å². The van der Waals surface area contributed by atoms with Gasteiger partial charge in [0.1, 0.15) is 0 Å². The van der Waals surface area contributed by atoms with E-state index >= 15 is 0 Å². The molecule has 2 aliphatic rings. The molecule has 48 heavy (non-hydrogen) atoms. The zero-order valence-electron chi connectivity index (χ0n) is 27.5. The van der Waals surface area contributed by atoms with Crippen molar-refractivity contribution < 1.29 is 0 Å². The fourth-order valence-corrected chi connectivity index (χ4v) is 7.67. The Kier molecular flexibility index (Phi) is 6.55. The number of nitriles is 1. The van der Waals surface area contributed by atoms with Gasteiger partial charge in [-0.1, -0.05) is 88.4 Å². The molecule has 0 unspecified atom stereocenters. The average molecular weight is 619 g/mol. The summed E-state index contributed by atoms with van der Waals surface area (Å²) in [6.45, 7) is 16.8. The molecule has 0 amide bonds. The molecule has 0 fully saturated rings. The molecular weight excluding hydrogens is 585 g/mol. The minimum atomic E-state index is -0.342. The van der Waals surface area contributed by atoms with Gasteiger partial charge in [-0.15, -0.1) is 0 Å². The Balaban J connectivity index is 1.31. The van der Waals surface area contributed by atoms with Crippen LogP contribution in [0, 0.1) is 17.9 Å². The molecule has 6 aromatic rings. The normalized spacial score (nSPS) is 14.9. The number of rotatable bonds is 3. The molecule has 8 rings (SSSR count). The van der Waals surface area contributed by atoms with E-state index in [0.29, 0.717) is 11.3 Å². The van der Waals surface area contributed by atoms with Gasteiger partial charge in [0, 0.05) is 27.9 Å². The molecular formula is C44H34N4. The van der Waals surface area contributed by atoms with Crippen LogP contribution in [0.2, 0.25) is 0 Å². The molecule has 2 heterocycles. The van der Waals surface area contributed by atoms with Gasteiger partial charge in [-0.3, -0.25) is 0 Å². The smallest absolute Gasteiger partial charge is 0.187 e. The number of hydrogen-bond donors (Lipinski definition) is 0. The summed E-state index contributed by atoms with van der Waals surface area (Å²) in [6.07, 6.45) is 0. The van der Waals surface area contributed by atoms with Crippen LogP contribution in [0.15, 0.2) is 133 Å². The summed E-state index contributed by atoms with van der Waals surface area (Å²) >= 11 is 0. The van der Waals surface area contributed by atoms with Crippen molar-refractivity contribution in [2.45, 2.75) is 38.5 Å². The third kappa shape index (κ3) is 4.34. The first-order valence-corrected chi connectivity index (χ1v) is 16.3. The summed E-state index contributed by atoms with van der Waals surface area (Å²) in [4.78, 5) is 8.43. The minimum Gasteiger partial charge on any atom is -0.310 e. The van der Waals surface area contributed by atoms with Gasteiger partial charge in [-0.2, -0.15) is 5.26 Å². The SMILES string of the molecule is [C-]#[N+]c1ccc2c(c1)C(C)(C)c1cc(-c3ccc4c(c3)C(C)(C)c3cc(C#N)ccc3N4c3ccccc3)ccc1N2c1ccccc1. The highest BCUT2D eigenvalue weighted by Crippen LogP contribution is 2.55. The van der Waals surface area contributed by atoms with Gasteiger partial charge in [0.25, 0.3) is 0 Å². The lowest BCUT2D eigenvalue weighted by atomic mass is 9.71. The van der Waals surface area contributed by atoms with Crippen LogP contribution in [-0.2, 0) is 10.8 Å². The van der Waals surface area contributed by atoms with Crippen LogP contribution >= 0.6 is 0 Å². The number of fused-ring (bicyclic) bond motifs is 4. The van der Waals surface area contributed by atoms with Crippen molar-refractivity contribution in [3.05, 3.63) is 173 Å². The number of anilines is 6. The van der Waals surface area contributed by atoms with Gasteiger partial charge in [0.2, 0.25) is 0 Å². The predicted molar refractivity (Wildman–Crippen MR) is 196 cm³/mol. The van der Waals surface area contributed by atoms with Crippen molar-refractivity contribution in [1.82, 2.24) is 0 Å². The lowest BCUT2D eigenvalue weighted by Crippen LogP contribution is -2.31. The van der Waals surface area contributed by atoms with E-state index in [2.05, 4.69) is 158 Å². The van der Waals surface area contributed by atoms with Crippen LogP contribution in [0.5, 0.6) is 0 Å². The van der Waals surface area contributed by atoms with Crippen LogP contribution < -0.4 is 9.80 Å². The van der Waals surface area contributed by atoms with Gasteiger partial charge in [0.05, 0.1) is 35.3 Å². The number of benzene rings is 6. The van der Waals surface area contributed by atoms with E-state index in [4.69, 9.17) is 6.57 Å². The Hall–Kier alpha value is -6.10. The van der Waals surface area contributed by atoms with E-state index in [1.54, 1.807) is 0 Å². The molecule has 4 heteroatoms. The third-order valence-corrected chi connectivity index (χ3v) is 10.2. The molecule has 4 nitrogen and oxygen atoms in total. The van der Waals surface area contributed by atoms with Crippen LogP contribution in [0.3, 0.4) is 0 Å². The van der Waals surface area contributed by atoms with Crippen molar-refractivity contribution in [3.8, 4) is 17.2 Å². The van der Waals surface area contributed by atoms with E-state index in [1.807, 2.05) is 24.3 Å². The molecule has 6 aromatic carbocycles. The maximum Gasteiger partial charge on any atom is 0.187 e. The van der Waals surface area contributed by atoms with Gasteiger partial charge in [0.15, 0.2) is 5.69 Å².